The molecule has 8 heteroatoms. The lowest BCUT2D eigenvalue weighted by Gasteiger charge is -2.17. The van der Waals surface area contributed by atoms with Gasteiger partial charge in [0.1, 0.15) is 5.69 Å². The second-order valence-electron chi connectivity index (χ2n) is 5.13. The Balaban J connectivity index is 0.000000413. The smallest absolute Gasteiger partial charge is 0.414 e. The lowest BCUT2D eigenvalue weighted by molar-refractivity contribution is -0.159. The fraction of sp³-hybridized carbons (Fsp3) is 0.375. The standard InChI is InChI=1S/C14H19N3S.C2H2O4/c1-3-4-5-6-9-13-14(16-18-15-13)12-8-7-10-17(2)11-12;3-1(4)2(5)6/h3,7-8,11H,1,4-6,9-10H2,2H3;(H,3,4)(H,5,6). The number of likely N-dealkylation sites (N-methyl/N-ethyl adjacent to an activating group) is 1. The quantitative estimate of drug-likeness (QED) is 0.461. The van der Waals surface area contributed by atoms with E-state index < -0.39 is 11.9 Å². The Bertz CT molecular complexity index is 625. The third kappa shape index (κ3) is 6.74. The minimum absolute atomic E-state index is 0.968. The molecule has 2 heterocycles. The first-order chi connectivity index (χ1) is 11.5. The molecule has 0 amide bonds. The molecule has 0 atom stereocenters. The SMILES string of the molecule is C=CCCCCc1nsnc1C1=CN(C)CC=C1.O=C(O)C(=O)O. The summed E-state index contributed by atoms with van der Waals surface area (Å²) in [5, 5.41) is 14.8. The van der Waals surface area contributed by atoms with Crippen LogP contribution >= 0.6 is 11.7 Å². The summed E-state index contributed by atoms with van der Waals surface area (Å²) in [4.78, 5) is 20.4. The Kier molecular flexibility index (Phi) is 8.42. The number of hydrogen-bond acceptors (Lipinski definition) is 6. The molecule has 2 rings (SSSR count). The van der Waals surface area contributed by atoms with Crippen molar-refractivity contribution in [2.75, 3.05) is 13.6 Å². The van der Waals surface area contributed by atoms with Gasteiger partial charge in [-0.25, -0.2) is 9.59 Å². The normalized spacial score (nSPS) is 12.9. The Morgan fingerprint density at radius 2 is 2.04 bits per heavy atom. The van der Waals surface area contributed by atoms with Crippen molar-refractivity contribution in [2.24, 2.45) is 0 Å². The van der Waals surface area contributed by atoms with Crippen molar-refractivity contribution in [1.29, 1.82) is 0 Å². The summed E-state index contributed by atoms with van der Waals surface area (Å²) in [6, 6.07) is 0. The number of carboxylic acid groups (broad SMARTS) is 2. The predicted octanol–water partition coefficient (Wildman–Crippen LogP) is 2.43. The molecule has 0 bridgehead atoms. The van der Waals surface area contributed by atoms with Gasteiger partial charge in [-0.1, -0.05) is 18.2 Å². The van der Waals surface area contributed by atoms with Gasteiger partial charge in [0.2, 0.25) is 0 Å². The van der Waals surface area contributed by atoms with Gasteiger partial charge < -0.3 is 15.1 Å². The predicted molar refractivity (Wildman–Crippen MR) is 92.7 cm³/mol. The highest BCUT2D eigenvalue weighted by Crippen LogP contribution is 2.22. The monoisotopic (exact) mass is 351 g/mol. The van der Waals surface area contributed by atoms with Crippen molar-refractivity contribution >= 4 is 29.2 Å². The summed E-state index contributed by atoms with van der Waals surface area (Å²) in [5.41, 5.74) is 3.37. The van der Waals surface area contributed by atoms with E-state index in [1.807, 2.05) is 6.08 Å². The first-order valence-electron chi connectivity index (χ1n) is 7.43. The number of hydrogen-bond donors (Lipinski definition) is 2. The van der Waals surface area contributed by atoms with E-state index >= 15 is 0 Å². The van der Waals surface area contributed by atoms with Crippen molar-refractivity contribution in [3.8, 4) is 0 Å². The highest BCUT2D eigenvalue weighted by atomic mass is 32.1. The van der Waals surface area contributed by atoms with E-state index in [9.17, 15) is 0 Å². The fourth-order valence-electron chi connectivity index (χ4n) is 1.99. The van der Waals surface area contributed by atoms with E-state index in [2.05, 4.69) is 45.6 Å². The second kappa shape index (κ2) is 10.3. The van der Waals surface area contributed by atoms with Crippen molar-refractivity contribution in [3.63, 3.8) is 0 Å². The van der Waals surface area contributed by atoms with E-state index in [0.29, 0.717) is 0 Å². The van der Waals surface area contributed by atoms with Gasteiger partial charge in [0.25, 0.3) is 0 Å². The van der Waals surface area contributed by atoms with Crippen LogP contribution in [0.15, 0.2) is 31.0 Å². The number of aryl methyl sites for hydroxylation is 1. The molecule has 130 valence electrons. The Hall–Kier alpha value is -2.48. The molecule has 1 aromatic heterocycles. The molecule has 0 saturated carbocycles. The Labute approximate surface area is 145 Å². The van der Waals surface area contributed by atoms with E-state index in [0.717, 1.165) is 37.2 Å². The first-order valence-corrected chi connectivity index (χ1v) is 8.16. The highest BCUT2D eigenvalue weighted by Gasteiger charge is 2.13. The zero-order chi connectivity index (χ0) is 17.9. The molecule has 0 aromatic carbocycles. The van der Waals surface area contributed by atoms with Gasteiger partial charge in [-0.3, -0.25) is 0 Å². The van der Waals surface area contributed by atoms with Gasteiger partial charge in [-0.05, 0) is 25.7 Å². The summed E-state index contributed by atoms with van der Waals surface area (Å²) in [6.45, 7) is 4.71. The zero-order valence-electron chi connectivity index (χ0n) is 13.5. The minimum atomic E-state index is -1.82. The molecule has 7 nitrogen and oxygen atoms in total. The average molecular weight is 351 g/mol. The third-order valence-corrected chi connectivity index (χ3v) is 3.70. The maximum Gasteiger partial charge on any atom is 0.414 e. The molecule has 0 aliphatic carbocycles. The van der Waals surface area contributed by atoms with Crippen molar-refractivity contribution in [2.45, 2.75) is 25.7 Å². The molecule has 0 spiro atoms. The molecule has 0 fully saturated rings. The lowest BCUT2D eigenvalue weighted by atomic mass is 10.1. The first kappa shape index (κ1) is 19.6. The van der Waals surface area contributed by atoms with Crippen LogP contribution in [-0.2, 0) is 16.0 Å². The van der Waals surface area contributed by atoms with E-state index in [4.69, 9.17) is 19.8 Å². The van der Waals surface area contributed by atoms with Crippen LogP contribution in [0.4, 0.5) is 0 Å². The average Bonchev–Trinajstić information content (AvgIpc) is 3.00. The molecule has 0 saturated heterocycles. The number of carbonyl (C=O) groups is 2. The number of rotatable bonds is 6. The number of carboxylic acids is 2. The van der Waals surface area contributed by atoms with Crippen LogP contribution in [0.2, 0.25) is 0 Å². The Morgan fingerprint density at radius 1 is 1.33 bits per heavy atom. The maximum atomic E-state index is 9.10. The molecular formula is C16H21N3O4S. The second-order valence-corrected chi connectivity index (χ2v) is 5.66. The molecule has 24 heavy (non-hydrogen) atoms. The van der Waals surface area contributed by atoms with Gasteiger partial charge in [-0.2, -0.15) is 8.75 Å². The molecule has 0 radical (unpaired) electrons. The largest absolute Gasteiger partial charge is 0.473 e. The number of aliphatic carboxylic acids is 2. The molecular weight excluding hydrogens is 330 g/mol. The highest BCUT2D eigenvalue weighted by molar-refractivity contribution is 6.99. The fourth-order valence-corrected chi connectivity index (χ4v) is 2.60. The Morgan fingerprint density at radius 3 is 2.62 bits per heavy atom. The summed E-state index contributed by atoms with van der Waals surface area (Å²) >= 11 is 1.31. The number of allylic oxidation sites excluding steroid dienone is 3. The third-order valence-electron chi connectivity index (χ3n) is 3.13. The summed E-state index contributed by atoms with van der Waals surface area (Å²) in [6.07, 6.45) is 12.8. The molecule has 0 unspecified atom stereocenters. The summed E-state index contributed by atoms with van der Waals surface area (Å²) in [7, 11) is 2.08. The minimum Gasteiger partial charge on any atom is -0.473 e. The van der Waals surface area contributed by atoms with Crippen molar-refractivity contribution in [3.05, 3.63) is 42.4 Å². The van der Waals surface area contributed by atoms with E-state index in [1.54, 1.807) is 0 Å². The van der Waals surface area contributed by atoms with Gasteiger partial charge in [-0.15, -0.1) is 6.58 Å². The van der Waals surface area contributed by atoms with Crippen LogP contribution in [0, 0.1) is 0 Å². The van der Waals surface area contributed by atoms with E-state index in [-0.39, 0.29) is 0 Å². The number of unbranched alkanes of at least 4 members (excludes halogenated alkanes) is 2. The van der Waals surface area contributed by atoms with Crippen molar-refractivity contribution < 1.29 is 19.8 Å². The van der Waals surface area contributed by atoms with Gasteiger partial charge >= 0.3 is 11.9 Å². The van der Waals surface area contributed by atoms with Gasteiger partial charge in [0, 0.05) is 25.4 Å². The molecule has 2 N–H and O–H groups in total. The number of nitrogens with zero attached hydrogens (tertiary/aromatic N) is 3. The van der Waals surface area contributed by atoms with Gasteiger partial charge in [0.15, 0.2) is 0 Å². The summed E-state index contributed by atoms with van der Waals surface area (Å²) in [5.74, 6) is -3.65. The molecule has 1 aliphatic heterocycles. The van der Waals surface area contributed by atoms with Crippen LogP contribution in [0.1, 0.15) is 30.7 Å². The van der Waals surface area contributed by atoms with Crippen LogP contribution in [0.25, 0.3) is 5.57 Å². The van der Waals surface area contributed by atoms with Gasteiger partial charge in [0.05, 0.1) is 17.4 Å². The van der Waals surface area contributed by atoms with Crippen LogP contribution in [0.3, 0.4) is 0 Å². The summed E-state index contributed by atoms with van der Waals surface area (Å²) < 4.78 is 8.86. The van der Waals surface area contributed by atoms with Crippen LogP contribution < -0.4 is 0 Å². The molecule has 1 aromatic rings. The number of aromatic nitrogens is 2. The maximum absolute atomic E-state index is 9.10. The lowest BCUT2D eigenvalue weighted by Crippen LogP contribution is -2.14. The van der Waals surface area contributed by atoms with Crippen LogP contribution in [0.5, 0.6) is 0 Å². The topological polar surface area (TPSA) is 104 Å². The van der Waals surface area contributed by atoms with Crippen molar-refractivity contribution in [1.82, 2.24) is 13.6 Å². The van der Waals surface area contributed by atoms with Crippen LogP contribution in [-0.4, -0.2) is 49.4 Å². The molecule has 1 aliphatic rings. The van der Waals surface area contributed by atoms with E-state index in [1.165, 1.54) is 23.7 Å². The zero-order valence-corrected chi connectivity index (χ0v) is 14.3.